The fourth-order valence-electron chi connectivity index (χ4n) is 4.02. The third kappa shape index (κ3) is 2.79. The minimum Gasteiger partial charge on any atom is -0.378 e. The van der Waals surface area contributed by atoms with Crippen molar-refractivity contribution in [3.63, 3.8) is 0 Å². The van der Waals surface area contributed by atoms with E-state index in [0.29, 0.717) is 18.6 Å². The topological polar surface area (TPSA) is 45.5 Å². The van der Waals surface area contributed by atoms with Crippen molar-refractivity contribution in [3.05, 3.63) is 0 Å². The Kier molecular flexibility index (Phi) is 4.07. The standard InChI is InChI=1S/C15H24N2O2/c16-7-8-17(13-3-1-2-4-13)14-5-9-19-15(11-14)6-10-18-12-15/h13-14H,1-6,8-12H2. The first-order valence-corrected chi connectivity index (χ1v) is 7.67. The highest BCUT2D eigenvalue weighted by Crippen LogP contribution is 2.37. The van der Waals surface area contributed by atoms with Gasteiger partial charge in [0.05, 0.1) is 24.8 Å². The van der Waals surface area contributed by atoms with Crippen molar-refractivity contribution in [2.75, 3.05) is 26.4 Å². The molecule has 106 valence electrons. The summed E-state index contributed by atoms with van der Waals surface area (Å²) >= 11 is 0. The summed E-state index contributed by atoms with van der Waals surface area (Å²) in [4.78, 5) is 2.47. The first-order chi connectivity index (χ1) is 9.33. The van der Waals surface area contributed by atoms with Crippen molar-refractivity contribution >= 4 is 0 Å². The normalized spacial score (nSPS) is 36.1. The molecule has 2 saturated heterocycles. The Labute approximate surface area is 115 Å². The summed E-state index contributed by atoms with van der Waals surface area (Å²) in [6, 6.07) is 3.51. The van der Waals surface area contributed by atoms with Gasteiger partial charge in [-0.15, -0.1) is 0 Å². The number of nitrogens with zero attached hydrogens (tertiary/aromatic N) is 2. The van der Waals surface area contributed by atoms with Gasteiger partial charge >= 0.3 is 0 Å². The zero-order chi connectivity index (χ0) is 13.1. The maximum absolute atomic E-state index is 9.14. The summed E-state index contributed by atoms with van der Waals surface area (Å²) in [5.41, 5.74) is -0.0464. The molecule has 0 aromatic rings. The molecule has 4 nitrogen and oxygen atoms in total. The maximum Gasteiger partial charge on any atom is 0.0951 e. The second-order valence-electron chi connectivity index (χ2n) is 6.25. The van der Waals surface area contributed by atoms with E-state index in [1.807, 2.05) is 0 Å². The van der Waals surface area contributed by atoms with E-state index in [2.05, 4.69) is 11.0 Å². The fourth-order valence-corrected chi connectivity index (χ4v) is 4.02. The molecule has 3 fully saturated rings. The Balaban J connectivity index is 1.69. The fraction of sp³-hybridized carbons (Fsp3) is 0.933. The monoisotopic (exact) mass is 264 g/mol. The molecule has 3 aliphatic rings. The zero-order valence-electron chi connectivity index (χ0n) is 11.6. The predicted octanol–water partition coefficient (Wildman–Crippen LogP) is 2.09. The van der Waals surface area contributed by atoms with E-state index in [1.54, 1.807) is 0 Å². The SMILES string of the molecule is N#CCN(C1CCCC1)C1CCOC2(CCOC2)C1. The summed E-state index contributed by atoms with van der Waals surface area (Å²) < 4.78 is 11.6. The van der Waals surface area contributed by atoms with Crippen LogP contribution in [0.5, 0.6) is 0 Å². The maximum atomic E-state index is 9.14. The van der Waals surface area contributed by atoms with Gasteiger partial charge in [0.2, 0.25) is 0 Å². The number of ether oxygens (including phenoxy) is 2. The number of hydrogen-bond acceptors (Lipinski definition) is 4. The number of nitriles is 1. The number of hydrogen-bond donors (Lipinski definition) is 0. The van der Waals surface area contributed by atoms with Crippen LogP contribution in [-0.2, 0) is 9.47 Å². The average Bonchev–Trinajstić information content (AvgIpc) is 3.08. The summed E-state index contributed by atoms with van der Waals surface area (Å²) in [5, 5.41) is 9.14. The predicted molar refractivity (Wildman–Crippen MR) is 71.7 cm³/mol. The van der Waals surface area contributed by atoms with Crippen LogP contribution in [0.4, 0.5) is 0 Å². The van der Waals surface area contributed by atoms with Crippen LogP contribution in [0.1, 0.15) is 44.9 Å². The molecular formula is C15H24N2O2. The molecule has 4 heteroatoms. The van der Waals surface area contributed by atoms with Crippen LogP contribution in [-0.4, -0.2) is 49.0 Å². The Hall–Kier alpha value is -0.630. The summed E-state index contributed by atoms with van der Waals surface area (Å²) in [6.07, 6.45) is 8.32. The summed E-state index contributed by atoms with van der Waals surface area (Å²) in [7, 11) is 0. The Bertz CT molecular complexity index is 341. The Morgan fingerprint density at radius 3 is 2.68 bits per heavy atom. The molecule has 1 spiro atoms. The van der Waals surface area contributed by atoms with Gasteiger partial charge in [-0.2, -0.15) is 5.26 Å². The molecule has 1 aliphatic carbocycles. The minimum atomic E-state index is -0.0464. The van der Waals surface area contributed by atoms with E-state index in [4.69, 9.17) is 14.7 Å². The average molecular weight is 264 g/mol. The minimum absolute atomic E-state index is 0.0464. The van der Waals surface area contributed by atoms with Gasteiger partial charge in [0.1, 0.15) is 0 Å². The second kappa shape index (κ2) is 5.78. The van der Waals surface area contributed by atoms with Crippen LogP contribution in [0.3, 0.4) is 0 Å². The summed E-state index contributed by atoms with van der Waals surface area (Å²) in [6.45, 7) is 2.97. The molecule has 2 atom stereocenters. The van der Waals surface area contributed by atoms with Crippen LogP contribution in [0, 0.1) is 11.3 Å². The van der Waals surface area contributed by atoms with Crippen LogP contribution in [0.2, 0.25) is 0 Å². The molecule has 0 bridgehead atoms. The zero-order valence-corrected chi connectivity index (χ0v) is 11.6. The molecule has 0 amide bonds. The third-order valence-electron chi connectivity index (χ3n) is 5.05. The van der Waals surface area contributed by atoms with Gasteiger partial charge in [-0.05, 0) is 25.7 Å². The Morgan fingerprint density at radius 1 is 1.16 bits per heavy atom. The van der Waals surface area contributed by atoms with Crippen molar-refractivity contribution in [2.45, 2.75) is 62.6 Å². The first-order valence-electron chi connectivity index (χ1n) is 7.67. The highest BCUT2D eigenvalue weighted by Gasteiger charge is 2.43. The van der Waals surface area contributed by atoms with Gasteiger partial charge in [0.25, 0.3) is 0 Å². The molecule has 2 heterocycles. The van der Waals surface area contributed by atoms with Crippen molar-refractivity contribution < 1.29 is 9.47 Å². The first kappa shape index (κ1) is 13.4. The van der Waals surface area contributed by atoms with Gasteiger partial charge in [0, 0.05) is 31.7 Å². The van der Waals surface area contributed by atoms with E-state index in [0.717, 1.165) is 39.1 Å². The quantitative estimate of drug-likeness (QED) is 0.732. The molecule has 2 aliphatic heterocycles. The molecule has 1 saturated carbocycles. The number of rotatable bonds is 3. The van der Waals surface area contributed by atoms with Gasteiger partial charge in [-0.25, -0.2) is 0 Å². The lowest BCUT2D eigenvalue weighted by molar-refractivity contribution is -0.109. The third-order valence-corrected chi connectivity index (χ3v) is 5.05. The van der Waals surface area contributed by atoms with Gasteiger partial charge in [0.15, 0.2) is 0 Å². The lowest BCUT2D eigenvalue weighted by atomic mass is 9.88. The van der Waals surface area contributed by atoms with Crippen LogP contribution in [0.15, 0.2) is 0 Å². The van der Waals surface area contributed by atoms with E-state index in [1.165, 1.54) is 25.7 Å². The largest absolute Gasteiger partial charge is 0.378 e. The van der Waals surface area contributed by atoms with Crippen LogP contribution < -0.4 is 0 Å². The summed E-state index contributed by atoms with van der Waals surface area (Å²) in [5.74, 6) is 0. The molecule has 2 unspecified atom stereocenters. The van der Waals surface area contributed by atoms with Gasteiger partial charge in [-0.1, -0.05) is 12.8 Å². The van der Waals surface area contributed by atoms with Crippen molar-refractivity contribution in [2.24, 2.45) is 0 Å². The van der Waals surface area contributed by atoms with Gasteiger partial charge < -0.3 is 9.47 Å². The molecular weight excluding hydrogens is 240 g/mol. The van der Waals surface area contributed by atoms with Crippen molar-refractivity contribution in [1.82, 2.24) is 4.90 Å². The lowest BCUT2D eigenvalue weighted by Gasteiger charge is -2.43. The molecule has 0 N–H and O–H groups in total. The molecule has 0 aromatic heterocycles. The smallest absolute Gasteiger partial charge is 0.0951 e. The lowest BCUT2D eigenvalue weighted by Crippen LogP contribution is -2.51. The molecule has 3 rings (SSSR count). The Morgan fingerprint density at radius 2 is 2.00 bits per heavy atom. The van der Waals surface area contributed by atoms with E-state index in [-0.39, 0.29) is 5.60 Å². The molecule has 19 heavy (non-hydrogen) atoms. The van der Waals surface area contributed by atoms with E-state index in [9.17, 15) is 0 Å². The van der Waals surface area contributed by atoms with Crippen molar-refractivity contribution in [1.29, 1.82) is 5.26 Å². The molecule has 0 radical (unpaired) electrons. The van der Waals surface area contributed by atoms with E-state index >= 15 is 0 Å². The highest BCUT2D eigenvalue weighted by molar-refractivity contribution is 4.97. The second-order valence-corrected chi connectivity index (χ2v) is 6.25. The van der Waals surface area contributed by atoms with Crippen molar-refractivity contribution in [3.8, 4) is 6.07 Å². The van der Waals surface area contributed by atoms with E-state index < -0.39 is 0 Å². The van der Waals surface area contributed by atoms with Crippen LogP contribution in [0.25, 0.3) is 0 Å². The molecule has 0 aromatic carbocycles. The van der Waals surface area contributed by atoms with Crippen LogP contribution >= 0.6 is 0 Å². The highest BCUT2D eigenvalue weighted by atomic mass is 16.6. The van der Waals surface area contributed by atoms with Gasteiger partial charge in [-0.3, -0.25) is 4.90 Å².